The second kappa shape index (κ2) is 5.00. The van der Waals surface area contributed by atoms with Crippen molar-refractivity contribution >= 4 is 0 Å². The highest BCUT2D eigenvalue weighted by atomic mass is 19.1. The van der Waals surface area contributed by atoms with E-state index >= 15 is 0 Å². The van der Waals surface area contributed by atoms with Gasteiger partial charge in [-0.05, 0) is 36.4 Å². The highest BCUT2D eigenvalue weighted by molar-refractivity contribution is 5.30. The maximum Gasteiger partial charge on any atom is 0.444 e. The van der Waals surface area contributed by atoms with Crippen molar-refractivity contribution in [1.29, 1.82) is 0 Å². The van der Waals surface area contributed by atoms with Crippen molar-refractivity contribution in [1.82, 2.24) is 9.78 Å². The molecule has 20 heavy (non-hydrogen) atoms. The monoisotopic (exact) mass is 272 g/mol. The van der Waals surface area contributed by atoms with E-state index in [4.69, 9.17) is 9.15 Å². The van der Waals surface area contributed by atoms with Gasteiger partial charge in [0.25, 0.3) is 0 Å². The summed E-state index contributed by atoms with van der Waals surface area (Å²) in [6.45, 7) is 0. The number of hydrogen-bond acceptors (Lipinski definition) is 4. The molecular formula is C14H9FN2O3. The van der Waals surface area contributed by atoms with Gasteiger partial charge in [0.05, 0.1) is 5.69 Å². The Labute approximate surface area is 112 Å². The van der Waals surface area contributed by atoms with E-state index in [-0.39, 0.29) is 6.08 Å². The van der Waals surface area contributed by atoms with Crippen LogP contribution in [0.5, 0.6) is 11.8 Å². The highest BCUT2D eigenvalue weighted by Crippen LogP contribution is 2.18. The largest absolute Gasteiger partial charge is 0.444 e. The van der Waals surface area contributed by atoms with Crippen LogP contribution in [-0.2, 0) is 0 Å². The molecule has 0 aliphatic rings. The summed E-state index contributed by atoms with van der Waals surface area (Å²) in [4.78, 5) is 11.7. The minimum absolute atomic E-state index is 0.175. The summed E-state index contributed by atoms with van der Waals surface area (Å²) in [5.41, 5.74) is 0.392. The summed E-state index contributed by atoms with van der Waals surface area (Å²) in [7, 11) is 0. The van der Waals surface area contributed by atoms with Crippen molar-refractivity contribution in [2.45, 2.75) is 0 Å². The van der Waals surface area contributed by atoms with Crippen molar-refractivity contribution in [3.8, 4) is 17.5 Å². The zero-order valence-corrected chi connectivity index (χ0v) is 10.2. The van der Waals surface area contributed by atoms with Gasteiger partial charge >= 0.3 is 11.8 Å². The number of rotatable bonds is 3. The Kier molecular flexibility index (Phi) is 3.04. The quantitative estimate of drug-likeness (QED) is 0.735. The van der Waals surface area contributed by atoms with E-state index in [1.807, 2.05) is 6.07 Å². The number of hydrogen-bond donors (Lipinski definition) is 0. The first-order valence-corrected chi connectivity index (χ1v) is 5.81. The molecule has 0 fully saturated rings. The Hall–Kier alpha value is -2.89. The third-order valence-corrected chi connectivity index (χ3v) is 2.55. The number of para-hydroxylation sites is 1. The number of halogens is 1. The molecule has 0 saturated heterocycles. The fraction of sp³-hybridized carbons (Fsp3) is 0. The topological polar surface area (TPSA) is 57.3 Å². The third-order valence-electron chi connectivity index (χ3n) is 2.55. The zero-order chi connectivity index (χ0) is 13.9. The molecular weight excluding hydrogens is 263 g/mol. The van der Waals surface area contributed by atoms with Gasteiger partial charge in [0.1, 0.15) is 11.6 Å². The maximum absolute atomic E-state index is 12.8. The van der Waals surface area contributed by atoms with E-state index in [9.17, 15) is 9.18 Å². The van der Waals surface area contributed by atoms with Crippen LogP contribution in [0.3, 0.4) is 0 Å². The first kappa shape index (κ1) is 12.2. The van der Waals surface area contributed by atoms with Gasteiger partial charge in [0.2, 0.25) is 0 Å². The lowest BCUT2D eigenvalue weighted by Gasteiger charge is -1.98. The lowest BCUT2D eigenvalue weighted by molar-refractivity contribution is 0.320. The van der Waals surface area contributed by atoms with Crippen LogP contribution in [-0.4, -0.2) is 9.78 Å². The Morgan fingerprint density at radius 3 is 2.45 bits per heavy atom. The molecule has 1 heterocycles. The Balaban J connectivity index is 1.91. The maximum atomic E-state index is 12.8. The minimum atomic E-state index is -0.706. The first-order valence-electron chi connectivity index (χ1n) is 5.81. The van der Waals surface area contributed by atoms with Crippen LogP contribution in [0.4, 0.5) is 4.39 Å². The second-order valence-corrected chi connectivity index (χ2v) is 3.94. The lowest BCUT2D eigenvalue weighted by Crippen LogP contribution is -2.13. The molecule has 0 unspecified atom stereocenters. The molecule has 0 spiro atoms. The van der Waals surface area contributed by atoms with Crippen molar-refractivity contribution in [3.05, 3.63) is 71.0 Å². The SMILES string of the molecule is O=c1oc(Oc2ccccc2)nn1-c1ccc(F)cc1. The summed E-state index contributed by atoms with van der Waals surface area (Å²) >= 11 is 0. The Morgan fingerprint density at radius 2 is 1.75 bits per heavy atom. The molecule has 0 radical (unpaired) electrons. The average molecular weight is 272 g/mol. The number of benzene rings is 2. The molecule has 0 aliphatic carbocycles. The van der Waals surface area contributed by atoms with Gasteiger partial charge < -0.3 is 9.15 Å². The van der Waals surface area contributed by atoms with Gasteiger partial charge in [-0.2, -0.15) is 4.68 Å². The summed E-state index contributed by atoms with van der Waals surface area (Å²) < 4.78 is 24.0. The summed E-state index contributed by atoms with van der Waals surface area (Å²) in [5, 5.41) is 3.90. The predicted molar refractivity (Wildman–Crippen MR) is 68.6 cm³/mol. The molecule has 3 aromatic rings. The molecule has 3 rings (SSSR count). The molecule has 0 atom stereocenters. The van der Waals surface area contributed by atoms with Crippen LogP contribution in [0.2, 0.25) is 0 Å². The lowest BCUT2D eigenvalue weighted by atomic mass is 10.3. The van der Waals surface area contributed by atoms with Crippen molar-refractivity contribution < 1.29 is 13.5 Å². The van der Waals surface area contributed by atoms with Crippen LogP contribution >= 0.6 is 0 Å². The standard InChI is InChI=1S/C14H9FN2O3/c15-10-6-8-11(9-7-10)17-14(18)20-13(16-17)19-12-4-2-1-3-5-12/h1-9H. The molecule has 0 N–H and O–H groups in total. The van der Waals surface area contributed by atoms with Crippen LogP contribution in [0.15, 0.2) is 63.8 Å². The Morgan fingerprint density at radius 1 is 1.05 bits per heavy atom. The minimum Gasteiger partial charge on any atom is -0.410 e. The zero-order valence-electron chi connectivity index (χ0n) is 10.2. The van der Waals surface area contributed by atoms with Gasteiger partial charge in [-0.1, -0.05) is 23.3 Å². The van der Waals surface area contributed by atoms with Crippen LogP contribution in [0.25, 0.3) is 5.69 Å². The molecule has 1 aromatic heterocycles. The van der Waals surface area contributed by atoms with Crippen LogP contribution < -0.4 is 10.5 Å². The fourth-order valence-corrected chi connectivity index (χ4v) is 1.64. The van der Waals surface area contributed by atoms with E-state index < -0.39 is 11.6 Å². The summed E-state index contributed by atoms with van der Waals surface area (Å²) in [5.74, 6) is -0.603. The van der Waals surface area contributed by atoms with Gasteiger partial charge in [-0.15, -0.1) is 0 Å². The third kappa shape index (κ3) is 2.44. The molecule has 0 amide bonds. The second-order valence-electron chi connectivity index (χ2n) is 3.94. The van der Waals surface area contributed by atoms with Crippen molar-refractivity contribution in [2.24, 2.45) is 0 Å². The molecule has 5 nitrogen and oxygen atoms in total. The highest BCUT2D eigenvalue weighted by Gasteiger charge is 2.11. The van der Waals surface area contributed by atoms with E-state index in [1.54, 1.807) is 24.3 Å². The van der Waals surface area contributed by atoms with Crippen molar-refractivity contribution in [3.63, 3.8) is 0 Å². The van der Waals surface area contributed by atoms with Gasteiger partial charge in [0, 0.05) is 0 Å². The Bertz CT molecular complexity index is 763. The molecule has 0 aliphatic heterocycles. The fourth-order valence-electron chi connectivity index (χ4n) is 1.64. The van der Waals surface area contributed by atoms with Crippen molar-refractivity contribution in [2.75, 3.05) is 0 Å². The number of nitrogens with zero attached hydrogens (tertiary/aromatic N) is 2. The van der Waals surface area contributed by atoms with E-state index in [2.05, 4.69) is 5.10 Å². The predicted octanol–water partition coefficient (Wildman–Crippen LogP) is 2.76. The molecule has 100 valence electrons. The van der Waals surface area contributed by atoms with Gasteiger partial charge in [-0.3, -0.25) is 0 Å². The van der Waals surface area contributed by atoms with Gasteiger partial charge in [-0.25, -0.2) is 9.18 Å². The molecule has 2 aromatic carbocycles. The summed E-state index contributed by atoms with van der Waals surface area (Å²) in [6.07, 6.45) is -0.175. The van der Waals surface area contributed by atoms with E-state index in [0.717, 1.165) is 4.68 Å². The van der Waals surface area contributed by atoms with Crippen LogP contribution in [0, 0.1) is 5.82 Å². The van der Waals surface area contributed by atoms with Crippen LogP contribution in [0.1, 0.15) is 0 Å². The smallest absolute Gasteiger partial charge is 0.410 e. The molecule has 0 bridgehead atoms. The number of aromatic nitrogens is 2. The van der Waals surface area contributed by atoms with Gasteiger partial charge in [0.15, 0.2) is 0 Å². The molecule has 0 saturated carbocycles. The number of ether oxygens (including phenoxy) is 1. The van der Waals surface area contributed by atoms with E-state index in [1.165, 1.54) is 24.3 Å². The first-order chi connectivity index (χ1) is 9.72. The van der Waals surface area contributed by atoms with E-state index in [0.29, 0.717) is 11.4 Å². The molecule has 6 heteroatoms. The average Bonchev–Trinajstić information content (AvgIpc) is 2.81. The normalized spacial score (nSPS) is 10.4. The summed E-state index contributed by atoms with van der Waals surface area (Å²) in [6, 6.07) is 14.1.